The summed E-state index contributed by atoms with van der Waals surface area (Å²) in [6.45, 7) is 8.63. The molecule has 3 aromatic rings. The lowest BCUT2D eigenvalue weighted by Gasteiger charge is -2.36. The quantitative estimate of drug-likeness (QED) is 0.536. The summed E-state index contributed by atoms with van der Waals surface area (Å²) in [6.07, 6.45) is 6.14. The third kappa shape index (κ3) is 5.62. The molecule has 0 atom stereocenters. The second-order valence-electron chi connectivity index (χ2n) is 10.2. The average molecular weight is 488 g/mol. The minimum absolute atomic E-state index is 0.0198. The lowest BCUT2D eigenvalue weighted by Crippen LogP contribution is -2.47. The van der Waals surface area contributed by atoms with Crippen LogP contribution in [0.1, 0.15) is 53.8 Å². The van der Waals surface area contributed by atoms with E-state index in [0.717, 1.165) is 77.2 Å². The van der Waals surface area contributed by atoms with Crippen molar-refractivity contribution in [3.05, 3.63) is 69.8 Å². The molecule has 7 nitrogen and oxygen atoms in total. The molecule has 0 saturated carbocycles. The first-order valence-corrected chi connectivity index (χ1v) is 13.4. The first kappa shape index (κ1) is 24.5. The molecule has 2 aromatic carbocycles. The van der Waals surface area contributed by atoms with Crippen molar-refractivity contribution in [2.45, 2.75) is 52.0 Å². The molecule has 1 fully saturated rings. The molecule has 0 aliphatic carbocycles. The fraction of sp³-hybridized carbons (Fsp3) is 0.483. The SMILES string of the molecule is Cc1cccc(N2CCN(CCCNC(=O)c3ccc4c(=O)n5c(nc4c3)CCCCCC5)CC2)c1. The van der Waals surface area contributed by atoms with Gasteiger partial charge in [0.25, 0.3) is 11.5 Å². The summed E-state index contributed by atoms with van der Waals surface area (Å²) in [5.74, 6) is 0.752. The monoisotopic (exact) mass is 487 g/mol. The summed E-state index contributed by atoms with van der Waals surface area (Å²) in [5, 5.41) is 3.65. The minimum Gasteiger partial charge on any atom is -0.369 e. The zero-order valence-electron chi connectivity index (χ0n) is 21.3. The first-order chi connectivity index (χ1) is 17.6. The van der Waals surface area contributed by atoms with E-state index in [4.69, 9.17) is 4.98 Å². The molecule has 0 bridgehead atoms. The topological polar surface area (TPSA) is 70.5 Å². The summed E-state index contributed by atoms with van der Waals surface area (Å²) in [4.78, 5) is 35.5. The highest BCUT2D eigenvalue weighted by Crippen LogP contribution is 2.18. The van der Waals surface area contributed by atoms with Gasteiger partial charge >= 0.3 is 0 Å². The number of anilines is 1. The van der Waals surface area contributed by atoms with Crippen LogP contribution in [0.15, 0.2) is 47.3 Å². The summed E-state index contributed by atoms with van der Waals surface area (Å²) >= 11 is 0. The summed E-state index contributed by atoms with van der Waals surface area (Å²) < 4.78 is 1.84. The van der Waals surface area contributed by atoms with Gasteiger partial charge in [0.05, 0.1) is 10.9 Å². The number of hydrogen-bond donors (Lipinski definition) is 1. The summed E-state index contributed by atoms with van der Waals surface area (Å²) in [5.41, 5.74) is 3.82. The van der Waals surface area contributed by atoms with Gasteiger partial charge in [-0.3, -0.25) is 19.1 Å². The van der Waals surface area contributed by atoms with E-state index in [9.17, 15) is 9.59 Å². The number of benzene rings is 2. The first-order valence-electron chi connectivity index (χ1n) is 13.4. The van der Waals surface area contributed by atoms with Gasteiger partial charge in [-0.1, -0.05) is 25.0 Å². The van der Waals surface area contributed by atoms with Crippen molar-refractivity contribution in [2.75, 3.05) is 44.2 Å². The number of hydrogen-bond acceptors (Lipinski definition) is 5. The number of aromatic nitrogens is 2. The van der Waals surface area contributed by atoms with Crippen LogP contribution in [0.4, 0.5) is 5.69 Å². The number of fused-ring (bicyclic) bond motifs is 2. The lowest BCUT2D eigenvalue weighted by atomic mass is 10.1. The standard InChI is InChI=1S/C29H37N5O2/c1-22-8-6-9-24(20-22)33-18-16-32(17-19-33)14-7-13-30-28(35)23-11-12-25-26(21-23)31-27-10-4-2-3-5-15-34(27)29(25)36/h6,8-9,11-12,20-21H,2-5,7,10,13-19H2,1H3,(H,30,35). The van der Waals surface area contributed by atoms with E-state index in [0.29, 0.717) is 23.0 Å². The molecule has 7 heteroatoms. The minimum atomic E-state index is -0.102. The van der Waals surface area contributed by atoms with Gasteiger partial charge in [0.1, 0.15) is 5.82 Å². The average Bonchev–Trinajstić information content (AvgIpc) is 2.88. The second-order valence-corrected chi connectivity index (χ2v) is 10.2. The van der Waals surface area contributed by atoms with E-state index in [1.165, 1.54) is 17.7 Å². The molecule has 0 radical (unpaired) electrons. The number of amides is 1. The highest BCUT2D eigenvalue weighted by molar-refractivity contribution is 5.97. The summed E-state index contributed by atoms with van der Waals surface area (Å²) in [6, 6.07) is 14.0. The Morgan fingerprint density at radius 3 is 2.64 bits per heavy atom. The van der Waals surface area contributed by atoms with Crippen LogP contribution in [0.3, 0.4) is 0 Å². The maximum atomic E-state index is 13.0. The molecule has 0 unspecified atom stereocenters. The van der Waals surface area contributed by atoms with E-state index >= 15 is 0 Å². The van der Waals surface area contributed by atoms with Crippen LogP contribution >= 0.6 is 0 Å². The molecule has 2 aliphatic rings. The Morgan fingerprint density at radius 2 is 1.81 bits per heavy atom. The molecule has 5 rings (SSSR count). The zero-order chi connectivity index (χ0) is 24.9. The van der Waals surface area contributed by atoms with Crippen LogP contribution in [0.25, 0.3) is 10.9 Å². The smallest absolute Gasteiger partial charge is 0.261 e. The molecule has 1 amide bonds. The second kappa shape index (κ2) is 11.2. The van der Waals surface area contributed by atoms with Crippen LogP contribution in [-0.4, -0.2) is 59.6 Å². The Hall–Kier alpha value is -3.19. The Balaban J connectivity index is 1.12. The number of piperazine rings is 1. The Labute approximate surface area is 213 Å². The van der Waals surface area contributed by atoms with Crippen molar-refractivity contribution in [1.82, 2.24) is 19.8 Å². The van der Waals surface area contributed by atoms with Crippen molar-refractivity contribution in [3.63, 3.8) is 0 Å². The highest BCUT2D eigenvalue weighted by Gasteiger charge is 2.18. The molecule has 0 spiro atoms. The molecule has 1 aromatic heterocycles. The number of carbonyl (C=O) groups is 1. The predicted octanol–water partition coefficient (Wildman–Crippen LogP) is 3.76. The number of nitrogens with zero attached hydrogens (tertiary/aromatic N) is 4. The van der Waals surface area contributed by atoms with Crippen molar-refractivity contribution < 1.29 is 4.79 Å². The molecule has 36 heavy (non-hydrogen) atoms. The van der Waals surface area contributed by atoms with Crippen molar-refractivity contribution in [1.29, 1.82) is 0 Å². The van der Waals surface area contributed by atoms with E-state index < -0.39 is 0 Å². The number of aryl methyl sites for hydroxylation is 2. The van der Waals surface area contributed by atoms with Gasteiger partial charge in [0.15, 0.2) is 0 Å². The molecule has 190 valence electrons. The predicted molar refractivity (Wildman–Crippen MR) is 145 cm³/mol. The van der Waals surface area contributed by atoms with Gasteiger partial charge in [-0.15, -0.1) is 0 Å². The van der Waals surface area contributed by atoms with E-state index in [1.54, 1.807) is 18.2 Å². The molecule has 1 saturated heterocycles. The maximum Gasteiger partial charge on any atom is 0.261 e. The number of nitrogens with one attached hydrogen (secondary N) is 1. The fourth-order valence-corrected chi connectivity index (χ4v) is 5.40. The van der Waals surface area contributed by atoms with Gasteiger partial charge in [0, 0.05) is 56.9 Å². The van der Waals surface area contributed by atoms with Crippen molar-refractivity contribution >= 4 is 22.5 Å². The van der Waals surface area contributed by atoms with Gasteiger partial charge < -0.3 is 10.2 Å². The van der Waals surface area contributed by atoms with Crippen LogP contribution in [0, 0.1) is 6.92 Å². The normalized spacial score (nSPS) is 16.9. The molecule has 3 heterocycles. The maximum absolute atomic E-state index is 13.0. The third-order valence-corrected chi connectivity index (χ3v) is 7.50. The van der Waals surface area contributed by atoms with Crippen LogP contribution in [0.5, 0.6) is 0 Å². The highest BCUT2D eigenvalue weighted by atomic mass is 16.1. The Morgan fingerprint density at radius 1 is 0.972 bits per heavy atom. The molecular weight excluding hydrogens is 450 g/mol. The van der Waals surface area contributed by atoms with Crippen LogP contribution < -0.4 is 15.8 Å². The third-order valence-electron chi connectivity index (χ3n) is 7.50. The van der Waals surface area contributed by atoms with Crippen molar-refractivity contribution in [2.24, 2.45) is 0 Å². The van der Waals surface area contributed by atoms with Crippen LogP contribution in [0.2, 0.25) is 0 Å². The van der Waals surface area contributed by atoms with Gasteiger partial charge in [-0.05, 0) is 68.6 Å². The Kier molecular flexibility index (Phi) is 7.66. The molecular formula is C29H37N5O2. The van der Waals surface area contributed by atoms with Crippen LogP contribution in [-0.2, 0) is 13.0 Å². The zero-order valence-corrected chi connectivity index (χ0v) is 21.3. The largest absolute Gasteiger partial charge is 0.369 e. The van der Waals surface area contributed by atoms with E-state index in [1.807, 2.05) is 4.57 Å². The number of carbonyl (C=O) groups excluding carboxylic acids is 1. The fourth-order valence-electron chi connectivity index (χ4n) is 5.40. The van der Waals surface area contributed by atoms with Gasteiger partial charge in [-0.25, -0.2) is 4.98 Å². The van der Waals surface area contributed by atoms with Gasteiger partial charge in [0.2, 0.25) is 0 Å². The Bertz CT molecular complexity index is 1280. The lowest BCUT2D eigenvalue weighted by molar-refractivity contribution is 0.0951. The van der Waals surface area contributed by atoms with E-state index in [-0.39, 0.29) is 11.5 Å². The molecule has 2 aliphatic heterocycles. The summed E-state index contributed by atoms with van der Waals surface area (Å²) in [7, 11) is 0. The van der Waals surface area contributed by atoms with Crippen molar-refractivity contribution in [3.8, 4) is 0 Å². The number of rotatable bonds is 6. The van der Waals surface area contributed by atoms with Gasteiger partial charge in [-0.2, -0.15) is 0 Å². The molecule has 1 N–H and O–H groups in total. The van der Waals surface area contributed by atoms with E-state index in [2.05, 4.69) is 46.3 Å².